The molecule has 1 aromatic rings. The van der Waals surface area contributed by atoms with E-state index in [1.165, 1.54) is 0 Å². The second-order valence-corrected chi connectivity index (χ2v) is 5.28. The minimum Gasteiger partial charge on any atom is -0.396 e. The van der Waals surface area contributed by atoms with Crippen molar-refractivity contribution in [3.63, 3.8) is 0 Å². The molecule has 6 heteroatoms. The van der Waals surface area contributed by atoms with Crippen molar-refractivity contribution in [1.82, 2.24) is 5.32 Å². The molecule has 1 fully saturated rings. The van der Waals surface area contributed by atoms with Gasteiger partial charge >= 0.3 is 0 Å². The maximum absolute atomic E-state index is 13.8. The Morgan fingerprint density at radius 2 is 1.95 bits per heavy atom. The van der Waals surface area contributed by atoms with Crippen LogP contribution in [0.3, 0.4) is 0 Å². The van der Waals surface area contributed by atoms with E-state index in [0.717, 1.165) is 31.4 Å². The lowest BCUT2D eigenvalue weighted by atomic mass is 9.82. The summed E-state index contributed by atoms with van der Waals surface area (Å²) in [4.78, 5) is 12.1. The number of benzene rings is 1. The second-order valence-electron chi connectivity index (χ2n) is 5.28. The summed E-state index contributed by atoms with van der Waals surface area (Å²) in [5.74, 6) is -2.90. The van der Waals surface area contributed by atoms with Crippen LogP contribution in [0.25, 0.3) is 0 Å². The van der Waals surface area contributed by atoms with Crippen LogP contribution in [0.4, 0.5) is 14.5 Å². The zero-order valence-electron chi connectivity index (χ0n) is 11.1. The van der Waals surface area contributed by atoms with Crippen LogP contribution in [0.5, 0.6) is 0 Å². The largest absolute Gasteiger partial charge is 0.396 e. The highest BCUT2D eigenvalue weighted by molar-refractivity contribution is 5.96. The van der Waals surface area contributed by atoms with Crippen molar-refractivity contribution in [3.05, 3.63) is 29.3 Å². The van der Waals surface area contributed by atoms with E-state index in [1.54, 1.807) is 0 Å². The standard InChI is InChI=1S/C14H18F2N2O2/c15-9-4-5-10(17)12(16)11(9)13(20)18-14(8-19)6-2-1-3-7-14/h4-5,19H,1-3,6-8,17H2,(H,18,20). The fourth-order valence-corrected chi connectivity index (χ4v) is 2.63. The fourth-order valence-electron chi connectivity index (χ4n) is 2.63. The second kappa shape index (κ2) is 5.75. The third-order valence-electron chi connectivity index (χ3n) is 3.84. The lowest BCUT2D eigenvalue weighted by Crippen LogP contribution is -2.52. The lowest BCUT2D eigenvalue weighted by Gasteiger charge is -2.36. The summed E-state index contributed by atoms with van der Waals surface area (Å²) in [6, 6.07) is 2.03. The topological polar surface area (TPSA) is 75.4 Å². The smallest absolute Gasteiger partial charge is 0.257 e. The first-order valence-corrected chi connectivity index (χ1v) is 6.66. The minimum atomic E-state index is -1.06. The zero-order valence-corrected chi connectivity index (χ0v) is 11.1. The molecule has 0 aliphatic heterocycles. The molecule has 0 bridgehead atoms. The Hall–Kier alpha value is -1.69. The molecule has 0 radical (unpaired) electrons. The molecule has 4 N–H and O–H groups in total. The van der Waals surface area contributed by atoms with Gasteiger partial charge in [-0.1, -0.05) is 19.3 Å². The van der Waals surface area contributed by atoms with Crippen molar-refractivity contribution in [2.75, 3.05) is 12.3 Å². The molecule has 0 heterocycles. The predicted octanol–water partition coefficient (Wildman–Crippen LogP) is 1.97. The van der Waals surface area contributed by atoms with Crippen LogP contribution in [0, 0.1) is 11.6 Å². The SMILES string of the molecule is Nc1ccc(F)c(C(=O)NC2(CO)CCCCC2)c1F. The van der Waals surface area contributed by atoms with Gasteiger partial charge in [-0.2, -0.15) is 0 Å². The number of anilines is 1. The number of carbonyl (C=O) groups excluding carboxylic acids is 1. The monoisotopic (exact) mass is 284 g/mol. The quantitative estimate of drug-likeness (QED) is 0.743. The molecule has 1 aromatic carbocycles. The summed E-state index contributed by atoms with van der Waals surface area (Å²) >= 11 is 0. The molecule has 2 rings (SSSR count). The van der Waals surface area contributed by atoms with E-state index < -0.39 is 28.6 Å². The number of amides is 1. The van der Waals surface area contributed by atoms with Gasteiger partial charge in [0.15, 0.2) is 5.82 Å². The van der Waals surface area contributed by atoms with Crippen molar-refractivity contribution in [3.8, 4) is 0 Å². The highest BCUT2D eigenvalue weighted by atomic mass is 19.1. The summed E-state index contributed by atoms with van der Waals surface area (Å²) in [5.41, 5.74) is 3.59. The lowest BCUT2D eigenvalue weighted by molar-refractivity contribution is 0.0751. The van der Waals surface area contributed by atoms with Crippen molar-refractivity contribution in [1.29, 1.82) is 0 Å². The van der Waals surface area contributed by atoms with Crippen LogP contribution in [-0.2, 0) is 0 Å². The molecule has 0 atom stereocenters. The molecule has 0 saturated heterocycles. The van der Waals surface area contributed by atoms with Crippen LogP contribution in [0.15, 0.2) is 12.1 Å². The van der Waals surface area contributed by atoms with Gasteiger partial charge in [-0.3, -0.25) is 4.79 Å². The molecule has 4 nitrogen and oxygen atoms in total. The molecule has 0 spiro atoms. The summed E-state index contributed by atoms with van der Waals surface area (Å²) in [6.07, 6.45) is 3.95. The molecule has 1 aliphatic rings. The number of halogens is 2. The number of nitrogens with one attached hydrogen (secondary N) is 1. The molecular weight excluding hydrogens is 266 g/mol. The Morgan fingerprint density at radius 3 is 2.55 bits per heavy atom. The molecule has 1 saturated carbocycles. The maximum atomic E-state index is 13.8. The third kappa shape index (κ3) is 2.75. The molecule has 0 aromatic heterocycles. The molecule has 110 valence electrons. The van der Waals surface area contributed by atoms with Crippen molar-refractivity contribution in [2.24, 2.45) is 0 Å². The number of rotatable bonds is 3. The zero-order chi connectivity index (χ0) is 14.8. The van der Waals surface area contributed by atoms with E-state index in [-0.39, 0.29) is 12.3 Å². The minimum absolute atomic E-state index is 0.246. The number of nitrogens with two attached hydrogens (primary N) is 1. The van der Waals surface area contributed by atoms with E-state index in [4.69, 9.17) is 5.73 Å². The van der Waals surface area contributed by atoms with Crippen molar-refractivity contribution >= 4 is 11.6 Å². The number of nitrogen functional groups attached to an aromatic ring is 1. The van der Waals surface area contributed by atoms with Gasteiger partial charge in [-0.25, -0.2) is 8.78 Å². The number of aliphatic hydroxyl groups is 1. The summed E-state index contributed by atoms with van der Waals surface area (Å²) in [6.45, 7) is -0.246. The average Bonchev–Trinajstić information content (AvgIpc) is 2.44. The number of carbonyl (C=O) groups is 1. The first-order valence-electron chi connectivity index (χ1n) is 6.66. The van der Waals surface area contributed by atoms with Gasteiger partial charge in [-0.05, 0) is 25.0 Å². The molecule has 20 heavy (non-hydrogen) atoms. The van der Waals surface area contributed by atoms with Gasteiger partial charge in [0.25, 0.3) is 5.91 Å². The van der Waals surface area contributed by atoms with Gasteiger partial charge in [0.2, 0.25) is 0 Å². The van der Waals surface area contributed by atoms with Crippen LogP contribution < -0.4 is 11.1 Å². The van der Waals surface area contributed by atoms with E-state index in [2.05, 4.69) is 5.32 Å². The van der Waals surface area contributed by atoms with E-state index in [0.29, 0.717) is 12.8 Å². The number of aliphatic hydroxyl groups excluding tert-OH is 1. The summed E-state index contributed by atoms with van der Waals surface area (Å²) < 4.78 is 27.5. The van der Waals surface area contributed by atoms with E-state index in [9.17, 15) is 18.7 Å². The Morgan fingerprint density at radius 1 is 1.30 bits per heavy atom. The highest BCUT2D eigenvalue weighted by Gasteiger charge is 2.34. The predicted molar refractivity (Wildman–Crippen MR) is 71.1 cm³/mol. The first kappa shape index (κ1) is 14.7. The van der Waals surface area contributed by atoms with E-state index >= 15 is 0 Å². The Bertz CT molecular complexity index is 514. The summed E-state index contributed by atoms with van der Waals surface area (Å²) in [7, 11) is 0. The van der Waals surface area contributed by atoms with Crippen molar-refractivity contribution < 1.29 is 18.7 Å². The molecule has 1 amide bonds. The van der Waals surface area contributed by atoms with Crippen molar-refractivity contribution in [2.45, 2.75) is 37.6 Å². The van der Waals surface area contributed by atoms with Gasteiger partial charge in [-0.15, -0.1) is 0 Å². The average molecular weight is 284 g/mol. The summed E-state index contributed by atoms with van der Waals surface area (Å²) in [5, 5.41) is 12.1. The molecular formula is C14H18F2N2O2. The molecule has 1 aliphatic carbocycles. The van der Waals surface area contributed by atoms with Gasteiger partial charge in [0.05, 0.1) is 17.8 Å². The normalized spacial score (nSPS) is 17.8. The van der Waals surface area contributed by atoms with E-state index in [1.807, 2.05) is 0 Å². The maximum Gasteiger partial charge on any atom is 0.257 e. The number of hydrogen-bond donors (Lipinski definition) is 3. The Kier molecular flexibility index (Phi) is 4.23. The molecule has 0 unspecified atom stereocenters. The van der Waals surface area contributed by atoms with Crippen LogP contribution >= 0.6 is 0 Å². The van der Waals surface area contributed by atoms with Crippen LogP contribution in [0.1, 0.15) is 42.5 Å². The van der Waals surface area contributed by atoms with Gasteiger partial charge in [0.1, 0.15) is 11.4 Å². The van der Waals surface area contributed by atoms with Gasteiger partial charge in [0, 0.05) is 0 Å². The third-order valence-corrected chi connectivity index (χ3v) is 3.84. The number of hydrogen-bond acceptors (Lipinski definition) is 3. The van der Waals surface area contributed by atoms with Crippen LogP contribution in [0.2, 0.25) is 0 Å². The fraction of sp³-hybridized carbons (Fsp3) is 0.500. The highest BCUT2D eigenvalue weighted by Crippen LogP contribution is 2.29. The van der Waals surface area contributed by atoms with Crippen LogP contribution in [-0.4, -0.2) is 23.2 Å². The van der Waals surface area contributed by atoms with Gasteiger partial charge < -0.3 is 16.2 Å². The Labute approximate surface area is 116 Å². The first-order chi connectivity index (χ1) is 9.49. The Balaban J connectivity index is 2.26.